The maximum absolute atomic E-state index is 13.6. The number of aromatic nitrogens is 3. The molecule has 1 aromatic carbocycles. The summed E-state index contributed by atoms with van der Waals surface area (Å²) in [5.41, 5.74) is 1.95. The fraction of sp³-hybridized carbons (Fsp3) is 0.278. The number of halogens is 1. The summed E-state index contributed by atoms with van der Waals surface area (Å²) in [7, 11) is 1.58. The summed E-state index contributed by atoms with van der Waals surface area (Å²) < 4.78 is 15.2. The summed E-state index contributed by atoms with van der Waals surface area (Å²) in [5, 5.41) is 7.20. The van der Waals surface area contributed by atoms with Gasteiger partial charge in [0.25, 0.3) is 5.91 Å². The Morgan fingerprint density at radius 3 is 3.00 bits per heavy atom. The molecule has 2 aromatic heterocycles. The van der Waals surface area contributed by atoms with Crippen LogP contribution in [0.2, 0.25) is 0 Å². The molecule has 1 N–H and O–H groups in total. The fourth-order valence-electron chi connectivity index (χ4n) is 3.40. The van der Waals surface area contributed by atoms with Crippen molar-refractivity contribution in [3.8, 4) is 0 Å². The smallest absolute Gasteiger partial charge is 0.271 e. The van der Waals surface area contributed by atoms with Gasteiger partial charge in [-0.25, -0.2) is 13.9 Å². The monoisotopic (exact) mass is 339 g/mol. The van der Waals surface area contributed by atoms with Crippen molar-refractivity contribution in [1.29, 1.82) is 0 Å². The Bertz CT molecular complexity index is 938. The lowest BCUT2D eigenvalue weighted by atomic mass is 10.0. The lowest BCUT2D eigenvalue weighted by Crippen LogP contribution is -2.25. The SMILES string of the molecule is CNC(=O)c1cnc2ccc(N3CCCC3c3cccc(F)c3)nn12. The van der Waals surface area contributed by atoms with Gasteiger partial charge in [0, 0.05) is 13.6 Å². The Morgan fingerprint density at radius 2 is 2.20 bits per heavy atom. The van der Waals surface area contributed by atoms with Crippen LogP contribution in [0, 0.1) is 5.82 Å². The van der Waals surface area contributed by atoms with Gasteiger partial charge in [0.1, 0.15) is 11.6 Å². The van der Waals surface area contributed by atoms with Crippen molar-refractivity contribution >= 4 is 17.4 Å². The van der Waals surface area contributed by atoms with E-state index in [-0.39, 0.29) is 17.8 Å². The van der Waals surface area contributed by atoms with E-state index in [9.17, 15) is 9.18 Å². The second kappa shape index (κ2) is 6.16. The van der Waals surface area contributed by atoms with Crippen molar-refractivity contribution in [3.63, 3.8) is 0 Å². The van der Waals surface area contributed by atoms with E-state index >= 15 is 0 Å². The van der Waals surface area contributed by atoms with Gasteiger partial charge in [0.15, 0.2) is 11.3 Å². The Balaban J connectivity index is 1.74. The van der Waals surface area contributed by atoms with Crippen molar-refractivity contribution in [3.05, 3.63) is 59.7 Å². The van der Waals surface area contributed by atoms with E-state index in [1.807, 2.05) is 18.2 Å². The van der Waals surface area contributed by atoms with Crippen LogP contribution in [0.1, 0.15) is 34.9 Å². The Morgan fingerprint density at radius 1 is 1.32 bits per heavy atom. The molecule has 0 saturated carbocycles. The van der Waals surface area contributed by atoms with Crippen LogP contribution in [0.4, 0.5) is 10.2 Å². The third kappa shape index (κ3) is 2.71. The standard InChI is InChI=1S/C18H18FN5O/c1-20-18(25)15-11-21-16-7-8-17(22-24(15)16)23-9-3-6-14(23)12-4-2-5-13(19)10-12/h2,4-5,7-8,10-11,14H,3,6,9H2,1H3,(H,20,25). The Kier molecular flexibility index (Phi) is 3.83. The average Bonchev–Trinajstić information content (AvgIpc) is 3.27. The molecule has 0 bridgehead atoms. The maximum atomic E-state index is 13.6. The maximum Gasteiger partial charge on any atom is 0.271 e. The van der Waals surface area contributed by atoms with Crippen LogP contribution in [0.25, 0.3) is 5.65 Å². The molecule has 1 unspecified atom stereocenters. The predicted molar refractivity (Wildman–Crippen MR) is 92.1 cm³/mol. The largest absolute Gasteiger partial charge is 0.354 e. The molecule has 25 heavy (non-hydrogen) atoms. The number of rotatable bonds is 3. The molecule has 7 heteroatoms. The van der Waals surface area contributed by atoms with Crippen LogP contribution >= 0.6 is 0 Å². The van der Waals surface area contributed by atoms with Gasteiger partial charge >= 0.3 is 0 Å². The van der Waals surface area contributed by atoms with E-state index in [1.165, 1.54) is 12.3 Å². The van der Waals surface area contributed by atoms with E-state index in [0.717, 1.165) is 30.8 Å². The lowest BCUT2D eigenvalue weighted by molar-refractivity contribution is 0.0956. The summed E-state index contributed by atoms with van der Waals surface area (Å²) >= 11 is 0. The van der Waals surface area contributed by atoms with Gasteiger partial charge in [-0.15, -0.1) is 5.10 Å². The molecule has 1 aliphatic rings. The second-order valence-corrected chi connectivity index (χ2v) is 6.09. The molecule has 3 aromatic rings. The normalized spacial score (nSPS) is 17.2. The number of hydrogen-bond donors (Lipinski definition) is 1. The van der Waals surface area contributed by atoms with Crippen LogP contribution in [0.5, 0.6) is 0 Å². The highest BCUT2D eigenvalue weighted by molar-refractivity contribution is 5.92. The average molecular weight is 339 g/mol. The van der Waals surface area contributed by atoms with E-state index < -0.39 is 0 Å². The van der Waals surface area contributed by atoms with E-state index in [2.05, 4.69) is 20.3 Å². The molecule has 3 heterocycles. The zero-order chi connectivity index (χ0) is 17.4. The third-order valence-electron chi connectivity index (χ3n) is 4.59. The molecule has 6 nitrogen and oxygen atoms in total. The van der Waals surface area contributed by atoms with Crippen LogP contribution in [0.3, 0.4) is 0 Å². The van der Waals surface area contributed by atoms with Crippen LogP contribution in [-0.4, -0.2) is 34.1 Å². The Hall–Kier alpha value is -2.96. The molecule has 1 fully saturated rings. The first-order valence-electron chi connectivity index (χ1n) is 8.26. The number of anilines is 1. The molecule has 128 valence electrons. The zero-order valence-electron chi connectivity index (χ0n) is 13.8. The van der Waals surface area contributed by atoms with Crippen molar-refractivity contribution in [1.82, 2.24) is 19.9 Å². The molecule has 0 aliphatic carbocycles. The molecule has 1 saturated heterocycles. The minimum absolute atomic E-state index is 0.0765. The first kappa shape index (κ1) is 15.6. The third-order valence-corrected chi connectivity index (χ3v) is 4.59. The molecule has 1 aliphatic heterocycles. The number of carbonyl (C=O) groups excluding carboxylic acids is 1. The zero-order valence-corrected chi connectivity index (χ0v) is 13.8. The number of hydrogen-bond acceptors (Lipinski definition) is 4. The van der Waals surface area contributed by atoms with Crippen LogP contribution in [-0.2, 0) is 0 Å². The highest BCUT2D eigenvalue weighted by atomic mass is 19.1. The summed E-state index contributed by atoms with van der Waals surface area (Å²) in [6, 6.07) is 10.5. The van der Waals surface area contributed by atoms with Crippen molar-refractivity contribution in [2.45, 2.75) is 18.9 Å². The number of nitrogens with one attached hydrogen (secondary N) is 1. The second-order valence-electron chi connectivity index (χ2n) is 6.09. The molecule has 0 spiro atoms. The quantitative estimate of drug-likeness (QED) is 0.797. The van der Waals surface area contributed by atoms with Gasteiger partial charge in [0.2, 0.25) is 0 Å². The fourth-order valence-corrected chi connectivity index (χ4v) is 3.40. The minimum atomic E-state index is -0.236. The van der Waals surface area contributed by atoms with Gasteiger partial charge in [-0.05, 0) is 42.7 Å². The van der Waals surface area contributed by atoms with Gasteiger partial charge in [-0.1, -0.05) is 12.1 Å². The van der Waals surface area contributed by atoms with Gasteiger partial charge in [-0.2, -0.15) is 0 Å². The van der Waals surface area contributed by atoms with Gasteiger partial charge in [-0.3, -0.25) is 4.79 Å². The number of benzene rings is 1. The lowest BCUT2D eigenvalue weighted by Gasteiger charge is -2.26. The minimum Gasteiger partial charge on any atom is -0.354 e. The van der Waals surface area contributed by atoms with Crippen molar-refractivity contribution < 1.29 is 9.18 Å². The highest BCUT2D eigenvalue weighted by Crippen LogP contribution is 2.35. The molecule has 1 amide bonds. The first-order valence-corrected chi connectivity index (χ1v) is 8.26. The van der Waals surface area contributed by atoms with Crippen molar-refractivity contribution in [2.24, 2.45) is 0 Å². The number of imidazole rings is 1. The molecular formula is C18H18FN5O. The molecule has 0 radical (unpaired) electrons. The Labute approximate surface area is 144 Å². The molecule has 1 atom stereocenters. The number of amides is 1. The molecular weight excluding hydrogens is 321 g/mol. The van der Waals surface area contributed by atoms with Crippen LogP contribution < -0.4 is 10.2 Å². The number of carbonyl (C=O) groups is 1. The van der Waals surface area contributed by atoms with Gasteiger partial charge < -0.3 is 10.2 Å². The summed E-state index contributed by atoms with van der Waals surface area (Å²) in [5.74, 6) is 0.284. The molecule has 4 rings (SSSR count). The van der Waals surface area contributed by atoms with E-state index in [0.29, 0.717) is 11.3 Å². The van der Waals surface area contributed by atoms with Crippen molar-refractivity contribution in [2.75, 3.05) is 18.5 Å². The van der Waals surface area contributed by atoms with Crippen LogP contribution in [0.15, 0.2) is 42.6 Å². The number of nitrogens with zero attached hydrogens (tertiary/aromatic N) is 4. The predicted octanol–water partition coefficient (Wildman–Crippen LogP) is 2.57. The van der Waals surface area contributed by atoms with Gasteiger partial charge in [0.05, 0.1) is 12.2 Å². The van der Waals surface area contributed by atoms with E-state index in [4.69, 9.17) is 0 Å². The first-order chi connectivity index (χ1) is 12.2. The topological polar surface area (TPSA) is 62.5 Å². The number of fused-ring (bicyclic) bond motifs is 1. The highest BCUT2D eigenvalue weighted by Gasteiger charge is 2.28. The summed E-state index contributed by atoms with van der Waals surface area (Å²) in [4.78, 5) is 18.3. The summed E-state index contributed by atoms with van der Waals surface area (Å²) in [6.07, 6.45) is 3.46. The van der Waals surface area contributed by atoms with E-state index in [1.54, 1.807) is 23.7 Å². The summed E-state index contributed by atoms with van der Waals surface area (Å²) in [6.45, 7) is 0.837.